The van der Waals surface area contributed by atoms with Gasteiger partial charge < -0.3 is 19.2 Å². The molecule has 0 aliphatic carbocycles. The number of aromatic amines is 1. The number of H-pyrrole nitrogens is 1. The first-order valence-electron chi connectivity index (χ1n) is 10.3. The number of aromatic nitrogens is 1. The smallest absolute Gasteiger partial charge is 0.354 e. The molecule has 0 bridgehead atoms. The van der Waals surface area contributed by atoms with E-state index in [0.717, 1.165) is 11.8 Å². The van der Waals surface area contributed by atoms with Gasteiger partial charge in [0.15, 0.2) is 9.84 Å². The Morgan fingerprint density at radius 1 is 0.939 bits per heavy atom. The van der Waals surface area contributed by atoms with Crippen LogP contribution in [0.2, 0.25) is 0 Å². The molecule has 170 valence electrons. The van der Waals surface area contributed by atoms with Crippen LogP contribution in [0.3, 0.4) is 0 Å². The molecule has 8 heteroatoms. The van der Waals surface area contributed by atoms with E-state index in [2.05, 4.69) is 4.98 Å². The van der Waals surface area contributed by atoms with Gasteiger partial charge in [-0.05, 0) is 48.9 Å². The number of hydrogen-bond donors (Lipinski definition) is 1. The molecule has 0 saturated carbocycles. The molecule has 7 nitrogen and oxygen atoms in total. The van der Waals surface area contributed by atoms with Crippen LogP contribution in [0.4, 0.5) is 0 Å². The van der Waals surface area contributed by atoms with Gasteiger partial charge in [0.25, 0.3) is 0 Å². The Labute approximate surface area is 191 Å². The highest BCUT2D eigenvalue weighted by Crippen LogP contribution is 2.34. The van der Waals surface area contributed by atoms with E-state index in [1.165, 1.54) is 12.1 Å². The van der Waals surface area contributed by atoms with Crippen LogP contribution >= 0.6 is 0 Å². The number of carbonyl (C=O) groups is 1. The number of esters is 1. The third-order valence-corrected chi connectivity index (χ3v) is 6.01. The molecule has 1 N–H and O–H groups in total. The minimum absolute atomic E-state index is 0.210. The summed E-state index contributed by atoms with van der Waals surface area (Å²) in [5.41, 5.74) is 1.95. The Hall–Kier alpha value is -3.78. The second-order valence-corrected chi connectivity index (χ2v) is 9.42. The minimum Gasteiger partial charge on any atom is -0.487 e. The summed E-state index contributed by atoms with van der Waals surface area (Å²) in [6.07, 6.45) is 1.15. The zero-order chi connectivity index (χ0) is 23.4. The van der Waals surface area contributed by atoms with Crippen molar-refractivity contribution < 1.29 is 27.4 Å². The van der Waals surface area contributed by atoms with Gasteiger partial charge in [0.1, 0.15) is 29.5 Å². The van der Waals surface area contributed by atoms with Crippen LogP contribution in [0, 0.1) is 0 Å². The van der Waals surface area contributed by atoms with Gasteiger partial charge in [0, 0.05) is 17.7 Å². The standard InChI is InChI=1S/C25H23NO6S/c1-3-30-25(27)22-14-18-13-20(32-19-9-11-21(12-10-19)33(2,28)29)15-23(24(18)26-22)31-16-17-7-5-4-6-8-17/h4-15,26H,3,16H2,1-2H3. The average Bonchev–Trinajstić information content (AvgIpc) is 3.23. The van der Waals surface area contributed by atoms with Crippen molar-refractivity contribution in [1.82, 2.24) is 4.98 Å². The number of nitrogens with one attached hydrogen (secondary N) is 1. The molecule has 0 atom stereocenters. The highest BCUT2D eigenvalue weighted by atomic mass is 32.2. The fourth-order valence-corrected chi connectivity index (χ4v) is 3.93. The van der Waals surface area contributed by atoms with Crippen LogP contribution in [-0.4, -0.2) is 32.2 Å². The molecular weight excluding hydrogens is 442 g/mol. The van der Waals surface area contributed by atoms with Gasteiger partial charge in [-0.25, -0.2) is 13.2 Å². The molecule has 0 saturated heterocycles. The molecule has 33 heavy (non-hydrogen) atoms. The molecule has 0 aliphatic rings. The van der Waals surface area contributed by atoms with E-state index >= 15 is 0 Å². The van der Waals surface area contributed by atoms with E-state index in [-0.39, 0.29) is 11.5 Å². The molecule has 1 heterocycles. The minimum atomic E-state index is -3.30. The van der Waals surface area contributed by atoms with Crippen molar-refractivity contribution >= 4 is 26.7 Å². The highest BCUT2D eigenvalue weighted by Gasteiger charge is 2.16. The normalized spacial score (nSPS) is 11.3. The number of carbonyl (C=O) groups excluding carboxylic acids is 1. The van der Waals surface area contributed by atoms with Gasteiger partial charge >= 0.3 is 5.97 Å². The van der Waals surface area contributed by atoms with Crippen molar-refractivity contribution in [3.8, 4) is 17.2 Å². The lowest BCUT2D eigenvalue weighted by Crippen LogP contribution is -2.04. The first kappa shape index (κ1) is 22.4. The zero-order valence-electron chi connectivity index (χ0n) is 18.2. The molecule has 0 spiro atoms. The maximum Gasteiger partial charge on any atom is 0.354 e. The summed E-state index contributed by atoms with van der Waals surface area (Å²) in [5.74, 6) is 1.00. The fourth-order valence-electron chi connectivity index (χ4n) is 3.30. The topological polar surface area (TPSA) is 94.7 Å². The Kier molecular flexibility index (Phi) is 6.37. The van der Waals surface area contributed by atoms with Crippen molar-refractivity contribution in [2.24, 2.45) is 0 Å². The molecule has 1 aromatic heterocycles. The van der Waals surface area contributed by atoms with Crippen molar-refractivity contribution in [1.29, 1.82) is 0 Å². The predicted octanol–water partition coefficient (Wildman–Crippen LogP) is 5.12. The maximum absolute atomic E-state index is 12.2. The van der Waals surface area contributed by atoms with Gasteiger partial charge in [-0.15, -0.1) is 0 Å². The van der Waals surface area contributed by atoms with Gasteiger partial charge in [-0.3, -0.25) is 0 Å². The van der Waals surface area contributed by atoms with Gasteiger partial charge in [0.05, 0.1) is 17.0 Å². The van der Waals surface area contributed by atoms with Crippen molar-refractivity contribution in [2.75, 3.05) is 12.9 Å². The Bertz CT molecular complexity index is 1380. The molecule has 0 aliphatic heterocycles. The number of sulfone groups is 1. The summed E-state index contributed by atoms with van der Waals surface area (Å²) < 4.78 is 40.5. The zero-order valence-corrected chi connectivity index (χ0v) is 19.0. The summed E-state index contributed by atoms with van der Waals surface area (Å²) in [7, 11) is -3.30. The molecular formula is C25H23NO6S. The number of hydrogen-bond acceptors (Lipinski definition) is 6. The molecule has 0 fully saturated rings. The summed E-state index contributed by atoms with van der Waals surface area (Å²) in [4.78, 5) is 15.5. The monoisotopic (exact) mass is 465 g/mol. The first-order chi connectivity index (χ1) is 15.8. The number of benzene rings is 3. The first-order valence-corrected chi connectivity index (χ1v) is 12.2. The lowest BCUT2D eigenvalue weighted by molar-refractivity contribution is 0.0520. The van der Waals surface area contributed by atoms with E-state index < -0.39 is 15.8 Å². The Balaban J connectivity index is 1.67. The predicted molar refractivity (Wildman–Crippen MR) is 125 cm³/mol. The summed E-state index contributed by atoms with van der Waals surface area (Å²) in [6.45, 7) is 2.34. The summed E-state index contributed by atoms with van der Waals surface area (Å²) in [5, 5.41) is 0.714. The van der Waals surface area contributed by atoms with E-state index in [0.29, 0.717) is 40.5 Å². The summed E-state index contributed by atoms with van der Waals surface area (Å²) >= 11 is 0. The molecule has 0 amide bonds. The van der Waals surface area contributed by atoms with Crippen LogP contribution in [0.25, 0.3) is 10.9 Å². The van der Waals surface area contributed by atoms with Crippen molar-refractivity contribution in [3.05, 3.63) is 84.1 Å². The third-order valence-electron chi connectivity index (χ3n) is 4.89. The average molecular weight is 466 g/mol. The Morgan fingerprint density at radius 2 is 1.67 bits per heavy atom. The molecule has 0 unspecified atom stereocenters. The van der Waals surface area contributed by atoms with E-state index in [9.17, 15) is 13.2 Å². The number of rotatable bonds is 8. The summed E-state index contributed by atoms with van der Waals surface area (Å²) in [6, 6.07) is 21.1. The molecule has 4 aromatic rings. The van der Waals surface area contributed by atoms with Gasteiger partial charge in [-0.2, -0.15) is 0 Å². The molecule has 0 radical (unpaired) electrons. The van der Waals surface area contributed by atoms with E-state index in [4.69, 9.17) is 14.2 Å². The highest BCUT2D eigenvalue weighted by molar-refractivity contribution is 7.90. The third kappa shape index (κ3) is 5.35. The number of ether oxygens (including phenoxy) is 3. The van der Waals surface area contributed by atoms with Crippen LogP contribution in [0.1, 0.15) is 23.0 Å². The van der Waals surface area contributed by atoms with E-state index in [1.54, 1.807) is 37.3 Å². The molecule has 3 aromatic carbocycles. The van der Waals surface area contributed by atoms with Crippen LogP contribution in [-0.2, 0) is 21.2 Å². The maximum atomic E-state index is 12.2. The lowest BCUT2D eigenvalue weighted by Gasteiger charge is -2.11. The van der Waals surface area contributed by atoms with Crippen molar-refractivity contribution in [2.45, 2.75) is 18.4 Å². The second kappa shape index (κ2) is 9.38. The largest absolute Gasteiger partial charge is 0.487 e. The van der Waals surface area contributed by atoms with Gasteiger partial charge in [-0.1, -0.05) is 30.3 Å². The quantitative estimate of drug-likeness (QED) is 0.363. The van der Waals surface area contributed by atoms with Crippen LogP contribution in [0.5, 0.6) is 17.2 Å². The fraction of sp³-hybridized carbons (Fsp3) is 0.160. The second-order valence-electron chi connectivity index (χ2n) is 7.41. The van der Waals surface area contributed by atoms with Crippen LogP contribution < -0.4 is 9.47 Å². The van der Waals surface area contributed by atoms with Gasteiger partial charge in [0.2, 0.25) is 0 Å². The van der Waals surface area contributed by atoms with Crippen LogP contribution in [0.15, 0.2) is 77.7 Å². The lowest BCUT2D eigenvalue weighted by atomic mass is 10.2. The molecule has 4 rings (SSSR count). The van der Waals surface area contributed by atoms with Crippen molar-refractivity contribution in [3.63, 3.8) is 0 Å². The Morgan fingerprint density at radius 3 is 2.33 bits per heavy atom. The SMILES string of the molecule is CCOC(=O)c1cc2cc(Oc3ccc(S(C)(=O)=O)cc3)cc(OCc3ccccc3)c2[nH]1. The van der Waals surface area contributed by atoms with E-state index in [1.807, 2.05) is 30.3 Å². The number of fused-ring (bicyclic) bond motifs is 1.